The van der Waals surface area contributed by atoms with Crippen molar-refractivity contribution in [2.24, 2.45) is 4.99 Å². The van der Waals surface area contributed by atoms with Crippen LogP contribution in [0.25, 0.3) is 0 Å². The second kappa shape index (κ2) is 11.3. The molecule has 1 aromatic carbocycles. The van der Waals surface area contributed by atoms with E-state index in [2.05, 4.69) is 15.6 Å². The number of benzene rings is 1. The van der Waals surface area contributed by atoms with Gasteiger partial charge < -0.3 is 24.9 Å². The molecule has 6 nitrogen and oxygen atoms in total. The van der Waals surface area contributed by atoms with Gasteiger partial charge in [0.25, 0.3) is 0 Å². The number of aliphatic imine (C=N–C) groups is 1. The van der Waals surface area contributed by atoms with Crippen molar-refractivity contribution < 1.29 is 27.4 Å². The molecule has 10 heteroatoms. The number of rotatable bonds is 8. The van der Waals surface area contributed by atoms with Gasteiger partial charge in [-0.05, 0) is 50.2 Å². The number of ether oxygens (including phenoxy) is 1. The van der Waals surface area contributed by atoms with Gasteiger partial charge in [-0.1, -0.05) is 0 Å². The minimum absolute atomic E-state index is 0. The van der Waals surface area contributed by atoms with Crippen LogP contribution in [-0.4, -0.2) is 37.3 Å². The number of furan rings is 1. The number of hydrogen-bond acceptors (Lipinski definition) is 4. The topological polar surface area (TPSA) is 79.0 Å². The summed E-state index contributed by atoms with van der Waals surface area (Å²) < 4.78 is 48.3. The van der Waals surface area contributed by atoms with Gasteiger partial charge in [-0.3, -0.25) is 0 Å². The van der Waals surface area contributed by atoms with Crippen LogP contribution in [0.1, 0.15) is 25.2 Å². The summed E-state index contributed by atoms with van der Waals surface area (Å²) in [6, 6.07) is 7.88. The minimum atomic E-state index is -4.37. The summed E-state index contributed by atoms with van der Waals surface area (Å²) in [4.78, 5) is 4.33. The van der Waals surface area contributed by atoms with Crippen LogP contribution in [-0.2, 0) is 11.8 Å². The van der Waals surface area contributed by atoms with Crippen molar-refractivity contribution in [1.82, 2.24) is 10.6 Å². The molecule has 1 aromatic heterocycles. The molecule has 0 saturated heterocycles. The van der Waals surface area contributed by atoms with E-state index >= 15 is 0 Å². The largest absolute Gasteiger partial charge is 0.492 e. The zero-order valence-corrected chi connectivity index (χ0v) is 18.5. The van der Waals surface area contributed by atoms with Crippen molar-refractivity contribution in [2.45, 2.75) is 25.6 Å². The lowest BCUT2D eigenvalue weighted by atomic mass is 10.0. The molecule has 3 N–H and O–H groups in total. The average Bonchev–Trinajstić information content (AvgIpc) is 3.18. The van der Waals surface area contributed by atoms with Crippen LogP contribution < -0.4 is 15.4 Å². The van der Waals surface area contributed by atoms with Crippen molar-refractivity contribution in [3.05, 3.63) is 54.0 Å². The Hall–Kier alpha value is -1.95. The molecule has 0 saturated carbocycles. The highest BCUT2D eigenvalue weighted by molar-refractivity contribution is 14.0. The number of halogens is 4. The van der Waals surface area contributed by atoms with Gasteiger partial charge in [-0.25, -0.2) is 4.99 Å². The van der Waals surface area contributed by atoms with Crippen LogP contribution in [0.4, 0.5) is 13.2 Å². The van der Waals surface area contributed by atoms with E-state index in [1.807, 2.05) is 6.92 Å². The molecule has 0 bridgehead atoms. The SMILES string of the molecule is CCNC(=NCC(C)(O)c1ccco1)NCCOc1ccc(C(F)(F)F)cc1.I. The third-order valence-corrected chi connectivity index (χ3v) is 3.79. The van der Waals surface area contributed by atoms with Crippen molar-refractivity contribution in [1.29, 1.82) is 0 Å². The maximum atomic E-state index is 12.5. The van der Waals surface area contributed by atoms with Crippen molar-refractivity contribution in [3.63, 3.8) is 0 Å². The van der Waals surface area contributed by atoms with E-state index in [-0.39, 0.29) is 37.1 Å². The first-order valence-electron chi connectivity index (χ1n) is 8.81. The van der Waals surface area contributed by atoms with Crippen LogP contribution in [0, 0.1) is 0 Å². The number of aliphatic hydroxyl groups is 1. The highest BCUT2D eigenvalue weighted by Crippen LogP contribution is 2.30. The van der Waals surface area contributed by atoms with Gasteiger partial charge in [-0.15, -0.1) is 24.0 Å². The number of nitrogens with one attached hydrogen (secondary N) is 2. The molecule has 0 aliphatic rings. The number of alkyl halides is 3. The van der Waals surface area contributed by atoms with Gasteiger partial charge in [0.1, 0.15) is 23.7 Å². The third kappa shape index (κ3) is 8.13. The van der Waals surface area contributed by atoms with Gasteiger partial charge in [0.05, 0.1) is 24.9 Å². The van der Waals surface area contributed by atoms with E-state index in [0.717, 1.165) is 12.1 Å². The molecule has 2 aromatic rings. The number of hydrogen-bond donors (Lipinski definition) is 3. The standard InChI is InChI=1S/C19H24F3N3O3.HI/c1-3-23-17(25-13-18(2,26)16-5-4-11-28-16)24-10-12-27-15-8-6-14(7-9-15)19(20,21)22;/h4-9,11,26H,3,10,12-13H2,1-2H3,(H2,23,24,25);1H. The molecule has 0 radical (unpaired) electrons. The van der Waals surface area contributed by atoms with E-state index in [0.29, 0.717) is 30.6 Å². The molecule has 0 fully saturated rings. The summed E-state index contributed by atoms with van der Waals surface area (Å²) in [6.45, 7) is 4.80. The molecule has 1 heterocycles. The molecule has 29 heavy (non-hydrogen) atoms. The van der Waals surface area contributed by atoms with Gasteiger partial charge in [0, 0.05) is 6.54 Å². The van der Waals surface area contributed by atoms with Crippen LogP contribution >= 0.6 is 24.0 Å². The summed E-state index contributed by atoms with van der Waals surface area (Å²) >= 11 is 0. The molecule has 0 spiro atoms. The Kier molecular flexibility index (Phi) is 9.77. The molecule has 1 unspecified atom stereocenters. The Labute approximate surface area is 184 Å². The Bertz CT molecular complexity index is 748. The lowest BCUT2D eigenvalue weighted by Crippen LogP contribution is -2.40. The number of nitrogens with zero attached hydrogens (tertiary/aromatic N) is 1. The minimum Gasteiger partial charge on any atom is -0.492 e. The first kappa shape index (κ1) is 25.1. The summed E-state index contributed by atoms with van der Waals surface area (Å²) in [6.07, 6.45) is -2.89. The molecule has 162 valence electrons. The van der Waals surface area contributed by atoms with Crippen LogP contribution in [0.5, 0.6) is 5.75 Å². The summed E-state index contributed by atoms with van der Waals surface area (Å²) in [5.41, 5.74) is -1.97. The third-order valence-electron chi connectivity index (χ3n) is 3.79. The lowest BCUT2D eigenvalue weighted by molar-refractivity contribution is -0.137. The first-order valence-corrected chi connectivity index (χ1v) is 8.81. The lowest BCUT2D eigenvalue weighted by Gasteiger charge is -2.19. The molecule has 0 aliphatic heterocycles. The van der Waals surface area contributed by atoms with Gasteiger partial charge in [-0.2, -0.15) is 13.2 Å². The molecule has 0 amide bonds. The number of guanidine groups is 1. The van der Waals surface area contributed by atoms with E-state index in [4.69, 9.17) is 9.15 Å². The monoisotopic (exact) mass is 527 g/mol. The fourth-order valence-corrected chi connectivity index (χ4v) is 2.32. The Morgan fingerprint density at radius 3 is 2.41 bits per heavy atom. The highest BCUT2D eigenvalue weighted by atomic mass is 127. The van der Waals surface area contributed by atoms with Crippen molar-refractivity contribution >= 4 is 29.9 Å². The molecular weight excluding hydrogens is 502 g/mol. The van der Waals surface area contributed by atoms with Crippen LogP contribution in [0.3, 0.4) is 0 Å². The fraction of sp³-hybridized carbons (Fsp3) is 0.421. The van der Waals surface area contributed by atoms with Gasteiger partial charge in [0.2, 0.25) is 0 Å². The zero-order chi connectivity index (χ0) is 20.6. The van der Waals surface area contributed by atoms with Gasteiger partial charge in [0.15, 0.2) is 5.96 Å². The van der Waals surface area contributed by atoms with Gasteiger partial charge >= 0.3 is 6.18 Å². The van der Waals surface area contributed by atoms with E-state index in [1.165, 1.54) is 18.4 Å². The van der Waals surface area contributed by atoms with E-state index < -0.39 is 17.3 Å². The quantitative estimate of drug-likeness (QED) is 0.211. The molecular formula is C19H25F3IN3O3. The molecule has 0 aliphatic carbocycles. The maximum Gasteiger partial charge on any atom is 0.416 e. The van der Waals surface area contributed by atoms with E-state index in [1.54, 1.807) is 19.1 Å². The van der Waals surface area contributed by atoms with Crippen LogP contribution in [0.15, 0.2) is 52.1 Å². The highest BCUT2D eigenvalue weighted by Gasteiger charge is 2.30. The first-order chi connectivity index (χ1) is 13.2. The average molecular weight is 527 g/mol. The van der Waals surface area contributed by atoms with Crippen molar-refractivity contribution in [2.75, 3.05) is 26.2 Å². The Morgan fingerprint density at radius 2 is 1.86 bits per heavy atom. The second-order valence-electron chi connectivity index (χ2n) is 6.24. The predicted octanol–water partition coefficient (Wildman–Crippen LogP) is 3.76. The normalized spacial score (nSPS) is 13.9. The van der Waals surface area contributed by atoms with E-state index in [9.17, 15) is 18.3 Å². The molecule has 2 rings (SSSR count). The summed E-state index contributed by atoms with van der Waals surface area (Å²) in [7, 11) is 0. The van der Waals surface area contributed by atoms with Crippen molar-refractivity contribution in [3.8, 4) is 5.75 Å². The zero-order valence-electron chi connectivity index (χ0n) is 16.1. The second-order valence-corrected chi connectivity index (χ2v) is 6.24. The predicted molar refractivity (Wildman–Crippen MR) is 115 cm³/mol. The summed E-state index contributed by atoms with van der Waals surface area (Å²) in [5, 5.41) is 16.5. The Morgan fingerprint density at radius 1 is 1.17 bits per heavy atom. The van der Waals surface area contributed by atoms with Crippen LogP contribution in [0.2, 0.25) is 0 Å². The maximum absolute atomic E-state index is 12.5. The molecule has 1 atom stereocenters. The summed E-state index contributed by atoms with van der Waals surface area (Å²) in [5.74, 6) is 1.24. The fourth-order valence-electron chi connectivity index (χ4n) is 2.32. The smallest absolute Gasteiger partial charge is 0.416 e. The Balaban J connectivity index is 0.00000420.